The second-order valence-electron chi connectivity index (χ2n) is 3.95. The van der Waals surface area contributed by atoms with Crippen LogP contribution in [0.4, 0.5) is 0 Å². The third kappa shape index (κ3) is 2.13. The predicted molar refractivity (Wildman–Crippen MR) is 56.0 cm³/mol. The van der Waals surface area contributed by atoms with Crippen molar-refractivity contribution in [3.05, 3.63) is 35.9 Å². The highest BCUT2D eigenvalue weighted by atomic mass is 16.1. The minimum Gasteiger partial charge on any atom is -0.356 e. The van der Waals surface area contributed by atoms with Crippen molar-refractivity contribution in [2.75, 3.05) is 6.54 Å². The number of carbonyl (C=O) groups is 1. The maximum Gasteiger partial charge on any atom is 0.216 e. The molecule has 1 aromatic rings. The zero-order valence-electron chi connectivity index (χ0n) is 8.36. The van der Waals surface area contributed by atoms with Crippen LogP contribution < -0.4 is 5.32 Å². The lowest BCUT2D eigenvalue weighted by Crippen LogP contribution is -2.22. The first-order chi connectivity index (χ1) is 6.77. The molecule has 0 radical (unpaired) electrons. The fraction of sp³-hybridized carbons (Fsp3) is 0.417. The van der Waals surface area contributed by atoms with Crippen LogP contribution in [0.1, 0.15) is 24.8 Å². The Hall–Kier alpha value is -1.31. The Bertz CT molecular complexity index is 320. The molecule has 0 saturated heterocycles. The van der Waals surface area contributed by atoms with E-state index in [4.69, 9.17) is 0 Å². The van der Waals surface area contributed by atoms with Crippen LogP contribution >= 0.6 is 0 Å². The molecule has 0 heterocycles. The summed E-state index contributed by atoms with van der Waals surface area (Å²) in [6.45, 7) is 2.40. The fourth-order valence-electron chi connectivity index (χ4n) is 1.86. The SMILES string of the molecule is CC(=O)NC[C@@H]1C[C@H]1c1ccccc1. The highest BCUT2D eigenvalue weighted by Crippen LogP contribution is 2.46. The Morgan fingerprint density at radius 2 is 2.14 bits per heavy atom. The Labute approximate surface area is 84.3 Å². The van der Waals surface area contributed by atoms with Crippen LogP contribution in [0.15, 0.2) is 30.3 Å². The number of nitrogens with one attached hydrogen (secondary N) is 1. The molecule has 14 heavy (non-hydrogen) atoms. The van der Waals surface area contributed by atoms with Crippen LogP contribution in [0.5, 0.6) is 0 Å². The maximum absolute atomic E-state index is 10.7. The van der Waals surface area contributed by atoms with Crippen LogP contribution in [-0.2, 0) is 4.79 Å². The largest absolute Gasteiger partial charge is 0.356 e. The lowest BCUT2D eigenvalue weighted by atomic mass is 10.1. The van der Waals surface area contributed by atoms with E-state index in [1.54, 1.807) is 6.92 Å². The summed E-state index contributed by atoms with van der Waals surface area (Å²) in [4.78, 5) is 10.7. The molecule has 1 aromatic carbocycles. The maximum atomic E-state index is 10.7. The van der Waals surface area contributed by atoms with Crippen LogP contribution in [0, 0.1) is 5.92 Å². The zero-order valence-corrected chi connectivity index (χ0v) is 8.36. The van der Waals surface area contributed by atoms with Gasteiger partial charge in [0.2, 0.25) is 5.91 Å². The van der Waals surface area contributed by atoms with Crippen molar-refractivity contribution in [1.29, 1.82) is 0 Å². The van der Waals surface area contributed by atoms with E-state index in [-0.39, 0.29) is 5.91 Å². The van der Waals surface area contributed by atoms with Crippen molar-refractivity contribution in [2.24, 2.45) is 5.92 Å². The standard InChI is InChI=1S/C12H15NO/c1-9(14)13-8-11-7-12(11)10-5-3-2-4-6-10/h2-6,11-12H,7-8H2,1H3,(H,13,14)/t11-,12-/m0/s1. The molecule has 1 aliphatic rings. The average Bonchev–Trinajstić information content (AvgIpc) is 2.95. The molecule has 0 unspecified atom stereocenters. The van der Waals surface area contributed by atoms with Gasteiger partial charge in [-0.2, -0.15) is 0 Å². The molecule has 2 rings (SSSR count). The van der Waals surface area contributed by atoms with E-state index >= 15 is 0 Å². The van der Waals surface area contributed by atoms with Crippen molar-refractivity contribution in [3.8, 4) is 0 Å². The Morgan fingerprint density at radius 3 is 2.79 bits per heavy atom. The van der Waals surface area contributed by atoms with E-state index in [9.17, 15) is 4.79 Å². The molecule has 0 aromatic heterocycles. The zero-order chi connectivity index (χ0) is 9.97. The number of hydrogen-bond acceptors (Lipinski definition) is 1. The Morgan fingerprint density at radius 1 is 1.43 bits per heavy atom. The van der Waals surface area contributed by atoms with E-state index < -0.39 is 0 Å². The van der Waals surface area contributed by atoms with Crippen LogP contribution in [0.25, 0.3) is 0 Å². The molecule has 1 amide bonds. The van der Waals surface area contributed by atoms with Gasteiger partial charge in [-0.3, -0.25) is 4.79 Å². The smallest absolute Gasteiger partial charge is 0.216 e. The van der Waals surface area contributed by atoms with Gasteiger partial charge in [0.05, 0.1) is 0 Å². The van der Waals surface area contributed by atoms with E-state index in [0.29, 0.717) is 11.8 Å². The number of carbonyl (C=O) groups excluding carboxylic acids is 1. The molecule has 1 saturated carbocycles. The van der Waals surface area contributed by atoms with Crippen molar-refractivity contribution in [3.63, 3.8) is 0 Å². The van der Waals surface area contributed by atoms with Gasteiger partial charge in [-0.25, -0.2) is 0 Å². The topological polar surface area (TPSA) is 29.1 Å². The van der Waals surface area contributed by atoms with E-state index in [2.05, 4.69) is 29.6 Å². The lowest BCUT2D eigenvalue weighted by molar-refractivity contribution is -0.119. The quantitative estimate of drug-likeness (QED) is 0.773. The summed E-state index contributed by atoms with van der Waals surface area (Å²) in [6.07, 6.45) is 1.21. The molecule has 2 heteroatoms. The molecule has 1 aliphatic carbocycles. The highest BCUT2D eigenvalue weighted by molar-refractivity contribution is 5.72. The second-order valence-corrected chi connectivity index (χ2v) is 3.95. The van der Waals surface area contributed by atoms with Crippen LogP contribution in [0.2, 0.25) is 0 Å². The third-order valence-corrected chi connectivity index (χ3v) is 2.76. The minimum absolute atomic E-state index is 0.0729. The number of hydrogen-bond donors (Lipinski definition) is 1. The summed E-state index contributed by atoms with van der Waals surface area (Å²) in [5.74, 6) is 1.40. The van der Waals surface area contributed by atoms with Crippen molar-refractivity contribution in [2.45, 2.75) is 19.3 Å². The summed E-state index contributed by atoms with van der Waals surface area (Å²) < 4.78 is 0. The first kappa shape index (κ1) is 9.25. The molecule has 2 atom stereocenters. The molecular formula is C12H15NO. The molecule has 0 spiro atoms. The molecular weight excluding hydrogens is 174 g/mol. The summed E-state index contributed by atoms with van der Waals surface area (Å²) >= 11 is 0. The van der Waals surface area contributed by atoms with Gasteiger partial charge < -0.3 is 5.32 Å². The molecule has 0 bridgehead atoms. The molecule has 74 valence electrons. The van der Waals surface area contributed by atoms with E-state index in [1.807, 2.05) is 6.07 Å². The van der Waals surface area contributed by atoms with Crippen LogP contribution in [-0.4, -0.2) is 12.5 Å². The third-order valence-electron chi connectivity index (χ3n) is 2.76. The minimum atomic E-state index is 0.0729. The van der Waals surface area contributed by atoms with Crippen molar-refractivity contribution < 1.29 is 4.79 Å². The average molecular weight is 189 g/mol. The molecule has 1 fully saturated rings. The summed E-state index contributed by atoms with van der Waals surface area (Å²) in [7, 11) is 0. The Balaban J connectivity index is 1.85. The predicted octanol–water partition coefficient (Wildman–Crippen LogP) is 1.93. The van der Waals surface area contributed by atoms with Gasteiger partial charge in [0.25, 0.3) is 0 Å². The van der Waals surface area contributed by atoms with Gasteiger partial charge in [-0.1, -0.05) is 30.3 Å². The van der Waals surface area contributed by atoms with Gasteiger partial charge in [0.1, 0.15) is 0 Å². The van der Waals surface area contributed by atoms with Gasteiger partial charge in [-0.05, 0) is 23.8 Å². The monoisotopic (exact) mass is 189 g/mol. The molecule has 2 nitrogen and oxygen atoms in total. The lowest BCUT2D eigenvalue weighted by Gasteiger charge is -2.01. The normalized spacial score (nSPS) is 24.4. The number of amides is 1. The van der Waals surface area contributed by atoms with E-state index in [1.165, 1.54) is 12.0 Å². The first-order valence-electron chi connectivity index (χ1n) is 5.07. The van der Waals surface area contributed by atoms with Crippen LogP contribution in [0.3, 0.4) is 0 Å². The van der Waals surface area contributed by atoms with Gasteiger partial charge in [-0.15, -0.1) is 0 Å². The fourth-order valence-corrected chi connectivity index (χ4v) is 1.86. The molecule has 0 aliphatic heterocycles. The summed E-state index contributed by atoms with van der Waals surface area (Å²) in [5.41, 5.74) is 1.41. The van der Waals surface area contributed by atoms with Crippen molar-refractivity contribution in [1.82, 2.24) is 5.32 Å². The van der Waals surface area contributed by atoms with Crippen molar-refractivity contribution >= 4 is 5.91 Å². The molecule has 1 N–H and O–H groups in total. The number of benzene rings is 1. The summed E-state index contributed by atoms with van der Waals surface area (Å²) in [6, 6.07) is 10.5. The van der Waals surface area contributed by atoms with E-state index in [0.717, 1.165) is 6.54 Å². The Kier molecular flexibility index (Phi) is 2.53. The second kappa shape index (κ2) is 3.82. The highest BCUT2D eigenvalue weighted by Gasteiger charge is 2.37. The van der Waals surface area contributed by atoms with Gasteiger partial charge in [0, 0.05) is 13.5 Å². The van der Waals surface area contributed by atoms with Gasteiger partial charge in [0.15, 0.2) is 0 Å². The first-order valence-corrected chi connectivity index (χ1v) is 5.07. The van der Waals surface area contributed by atoms with Gasteiger partial charge >= 0.3 is 0 Å². The number of rotatable bonds is 3. The summed E-state index contributed by atoms with van der Waals surface area (Å²) in [5, 5.41) is 2.87.